The third-order valence-corrected chi connectivity index (χ3v) is 6.63. The number of nitrogens with zero attached hydrogens (tertiary/aromatic N) is 3. The molecule has 0 spiro atoms. The molecule has 1 amide bonds. The van der Waals surface area contributed by atoms with Crippen molar-refractivity contribution in [3.63, 3.8) is 0 Å². The Morgan fingerprint density at radius 3 is 2.42 bits per heavy atom. The number of sulfonamides is 1. The molecule has 1 aromatic heterocycles. The highest BCUT2D eigenvalue weighted by molar-refractivity contribution is 7.92. The Bertz CT molecular complexity index is 1320. The maximum atomic E-state index is 13.2. The van der Waals surface area contributed by atoms with Gasteiger partial charge in [0.15, 0.2) is 0 Å². The predicted octanol–water partition coefficient (Wildman–Crippen LogP) is 4.11. The van der Waals surface area contributed by atoms with Crippen LogP contribution in [0.1, 0.15) is 22.5 Å². The van der Waals surface area contributed by atoms with Crippen LogP contribution in [-0.4, -0.2) is 37.9 Å². The van der Waals surface area contributed by atoms with Crippen molar-refractivity contribution < 1.29 is 17.6 Å². The molecule has 174 valence electrons. The Morgan fingerprint density at radius 1 is 1.15 bits per heavy atom. The first-order chi connectivity index (χ1) is 15.5. The van der Waals surface area contributed by atoms with Gasteiger partial charge in [0.05, 0.1) is 18.2 Å². The van der Waals surface area contributed by atoms with E-state index >= 15 is 0 Å². The van der Waals surface area contributed by atoms with Gasteiger partial charge < -0.3 is 4.57 Å². The first-order valence-corrected chi connectivity index (χ1v) is 12.2. The second-order valence-corrected chi connectivity index (χ2v) is 9.95. The number of hydrogen-bond acceptors (Lipinski definition) is 4. The molecular formula is C23H24ClFN4O3S. The fourth-order valence-electron chi connectivity index (χ4n) is 3.38. The highest BCUT2D eigenvalue weighted by Gasteiger charge is 2.21. The molecule has 0 bridgehead atoms. The highest BCUT2D eigenvalue weighted by Crippen LogP contribution is 2.25. The fraction of sp³-hybridized carbons (Fsp3) is 0.217. The lowest BCUT2D eigenvalue weighted by atomic mass is 10.2. The summed E-state index contributed by atoms with van der Waals surface area (Å²) in [4.78, 5) is 12.4. The van der Waals surface area contributed by atoms with E-state index in [2.05, 4.69) is 10.5 Å². The minimum atomic E-state index is -3.73. The summed E-state index contributed by atoms with van der Waals surface area (Å²) < 4.78 is 40.6. The van der Waals surface area contributed by atoms with Crippen LogP contribution in [0.5, 0.6) is 0 Å². The Labute approximate surface area is 197 Å². The lowest BCUT2D eigenvalue weighted by molar-refractivity contribution is -0.119. The number of hydrazone groups is 1. The Balaban J connectivity index is 1.74. The molecule has 3 aromatic rings. The smallest absolute Gasteiger partial charge is 0.260 e. The monoisotopic (exact) mass is 490 g/mol. The number of benzene rings is 2. The highest BCUT2D eigenvalue weighted by atomic mass is 35.5. The van der Waals surface area contributed by atoms with E-state index in [4.69, 9.17) is 11.6 Å². The van der Waals surface area contributed by atoms with Crippen LogP contribution in [0, 0.1) is 26.6 Å². The Kier molecular flexibility index (Phi) is 7.24. The van der Waals surface area contributed by atoms with E-state index in [1.54, 1.807) is 31.2 Å². The van der Waals surface area contributed by atoms with Crippen molar-refractivity contribution in [1.29, 1.82) is 0 Å². The molecule has 0 aliphatic heterocycles. The number of hydrogen-bond donors (Lipinski definition) is 1. The van der Waals surface area contributed by atoms with Gasteiger partial charge in [-0.2, -0.15) is 5.10 Å². The maximum Gasteiger partial charge on any atom is 0.260 e. The summed E-state index contributed by atoms with van der Waals surface area (Å²) in [5, 5.41) is 4.38. The summed E-state index contributed by atoms with van der Waals surface area (Å²) in [6.45, 7) is 5.13. The zero-order valence-electron chi connectivity index (χ0n) is 18.6. The number of rotatable bonds is 7. The lowest BCUT2D eigenvalue weighted by Crippen LogP contribution is -2.39. The van der Waals surface area contributed by atoms with E-state index in [9.17, 15) is 17.6 Å². The molecule has 0 unspecified atom stereocenters. The van der Waals surface area contributed by atoms with Crippen LogP contribution < -0.4 is 9.73 Å². The number of aryl methyl sites for hydroxylation is 2. The van der Waals surface area contributed by atoms with Crippen molar-refractivity contribution in [2.75, 3.05) is 17.1 Å². The molecule has 10 heteroatoms. The summed E-state index contributed by atoms with van der Waals surface area (Å²) in [6, 6.07) is 12.8. The minimum absolute atomic E-state index is 0.287. The van der Waals surface area contributed by atoms with Crippen molar-refractivity contribution >= 4 is 39.4 Å². The summed E-state index contributed by atoms with van der Waals surface area (Å²) in [7, 11) is -3.73. The topological polar surface area (TPSA) is 83.8 Å². The largest absolute Gasteiger partial charge is 0.318 e. The predicted molar refractivity (Wildman–Crippen MR) is 129 cm³/mol. The van der Waals surface area contributed by atoms with Crippen LogP contribution in [0.2, 0.25) is 5.02 Å². The third kappa shape index (κ3) is 5.80. The van der Waals surface area contributed by atoms with E-state index in [1.807, 2.05) is 24.5 Å². The maximum absolute atomic E-state index is 13.2. The average molecular weight is 491 g/mol. The lowest BCUT2D eigenvalue weighted by Gasteiger charge is -2.21. The number of nitrogens with one attached hydrogen (secondary N) is 1. The molecule has 1 heterocycles. The number of halogens is 2. The molecule has 7 nitrogen and oxygen atoms in total. The van der Waals surface area contributed by atoms with Gasteiger partial charge in [-0.15, -0.1) is 0 Å². The first kappa shape index (κ1) is 24.5. The molecule has 1 N–H and O–H groups in total. The van der Waals surface area contributed by atoms with Gasteiger partial charge in [-0.3, -0.25) is 9.10 Å². The summed E-state index contributed by atoms with van der Waals surface area (Å²) in [6.07, 6.45) is 2.50. The SMILES string of the molecule is Cc1ccc(N(CC(=O)N/N=C\c2cc(C)n(-c3ccc(F)cc3)c2C)S(C)(=O)=O)cc1Cl. The van der Waals surface area contributed by atoms with Gasteiger partial charge in [-0.25, -0.2) is 18.2 Å². The van der Waals surface area contributed by atoms with Gasteiger partial charge >= 0.3 is 0 Å². The number of carbonyl (C=O) groups is 1. The molecular weight excluding hydrogens is 467 g/mol. The molecule has 0 aliphatic rings. The summed E-state index contributed by atoms with van der Waals surface area (Å²) in [5.41, 5.74) is 6.76. The first-order valence-electron chi connectivity index (χ1n) is 9.98. The van der Waals surface area contributed by atoms with E-state index in [0.717, 1.165) is 38.8 Å². The van der Waals surface area contributed by atoms with E-state index < -0.39 is 22.5 Å². The summed E-state index contributed by atoms with van der Waals surface area (Å²) >= 11 is 6.11. The standard InChI is InChI=1S/C23H24ClFN4O3S/c1-15-5-8-21(12-22(15)24)28(33(4,31)32)14-23(30)27-26-13-18-11-16(2)29(17(18)3)20-9-6-19(25)7-10-20/h5-13H,14H2,1-4H3,(H,27,30)/b26-13-. The van der Waals surface area contributed by atoms with Gasteiger partial charge in [0.25, 0.3) is 5.91 Å². The van der Waals surface area contributed by atoms with Crippen molar-refractivity contribution in [2.45, 2.75) is 20.8 Å². The van der Waals surface area contributed by atoms with Crippen LogP contribution in [0.4, 0.5) is 10.1 Å². The quantitative estimate of drug-likeness (QED) is 0.399. The molecule has 0 saturated heterocycles. The van der Waals surface area contributed by atoms with Crippen molar-refractivity contribution in [3.05, 3.63) is 81.9 Å². The third-order valence-electron chi connectivity index (χ3n) is 5.08. The van der Waals surface area contributed by atoms with Crippen LogP contribution in [0.15, 0.2) is 53.6 Å². The van der Waals surface area contributed by atoms with Gasteiger partial charge in [0, 0.05) is 27.7 Å². The fourth-order valence-corrected chi connectivity index (χ4v) is 4.41. The van der Waals surface area contributed by atoms with Crippen LogP contribution in [0.3, 0.4) is 0 Å². The number of carbonyl (C=O) groups excluding carboxylic acids is 1. The molecule has 2 aromatic carbocycles. The normalized spacial score (nSPS) is 11.7. The van der Waals surface area contributed by atoms with E-state index in [-0.39, 0.29) is 11.5 Å². The molecule has 0 atom stereocenters. The van der Waals surface area contributed by atoms with E-state index in [1.165, 1.54) is 24.4 Å². The van der Waals surface area contributed by atoms with Crippen LogP contribution >= 0.6 is 11.6 Å². The van der Waals surface area contributed by atoms with Gasteiger partial charge in [-0.05, 0) is 68.8 Å². The Hall–Kier alpha value is -3.17. The summed E-state index contributed by atoms with van der Waals surface area (Å²) in [5.74, 6) is -0.928. The number of anilines is 1. The molecule has 3 rings (SSSR count). The zero-order valence-corrected chi connectivity index (χ0v) is 20.2. The molecule has 0 aliphatic carbocycles. The van der Waals surface area contributed by atoms with Gasteiger partial charge in [-0.1, -0.05) is 17.7 Å². The van der Waals surface area contributed by atoms with Crippen LogP contribution in [0.25, 0.3) is 5.69 Å². The average Bonchev–Trinajstić information content (AvgIpc) is 3.01. The van der Waals surface area contributed by atoms with Gasteiger partial charge in [0.2, 0.25) is 10.0 Å². The van der Waals surface area contributed by atoms with Crippen molar-refractivity contribution in [2.24, 2.45) is 5.10 Å². The Morgan fingerprint density at radius 2 is 1.82 bits per heavy atom. The zero-order chi connectivity index (χ0) is 24.3. The second-order valence-electron chi connectivity index (χ2n) is 7.63. The second kappa shape index (κ2) is 9.76. The molecule has 0 saturated carbocycles. The molecule has 0 radical (unpaired) electrons. The molecule has 33 heavy (non-hydrogen) atoms. The van der Waals surface area contributed by atoms with Crippen molar-refractivity contribution in [3.8, 4) is 5.69 Å². The number of aromatic nitrogens is 1. The minimum Gasteiger partial charge on any atom is -0.318 e. The van der Waals surface area contributed by atoms with Crippen LogP contribution in [-0.2, 0) is 14.8 Å². The number of amides is 1. The van der Waals surface area contributed by atoms with E-state index in [0.29, 0.717) is 5.02 Å². The van der Waals surface area contributed by atoms with Gasteiger partial charge in [0.1, 0.15) is 12.4 Å². The molecule has 0 fully saturated rings. The van der Waals surface area contributed by atoms with Crippen molar-refractivity contribution in [1.82, 2.24) is 9.99 Å².